The Kier molecular flexibility index (Phi) is 5.58. The van der Waals surface area contributed by atoms with Crippen LogP contribution in [0.3, 0.4) is 0 Å². The number of aromatic nitrogens is 1. The summed E-state index contributed by atoms with van der Waals surface area (Å²) < 4.78 is 24.2. The number of ether oxygens (including phenoxy) is 2. The molecule has 2 aromatic carbocycles. The third-order valence-corrected chi connectivity index (χ3v) is 5.03. The van der Waals surface area contributed by atoms with Crippen LogP contribution in [0.4, 0.5) is 4.39 Å². The molecule has 3 aromatic rings. The van der Waals surface area contributed by atoms with Gasteiger partial charge in [-0.25, -0.2) is 4.39 Å². The van der Waals surface area contributed by atoms with Gasteiger partial charge < -0.3 is 19.8 Å². The van der Waals surface area contributed by atoms with Gasteiger partial charge in [-0.1, -0.05) is 6.07 Å². The Morgan fingerprint density at radius 3 is 2.57 bits per heavy atom. The van der Waals surface area contributed by atoms with Gasteiger partial charge in [0.05, 0.1) is 19.6 Å². The summed E-state index contributed by atoms with van der Waals surface area (Å²) in [6, 6.07) is 10.2. The zero-order valence-electron chi connectivity index (χ0n) is 16.6. The minimum Gasteiger partial charge on any atom is -0.493 e. The largest absolute Gasteiger partial charge is 0.493 e. The Labute approximate surface area is 163 Å². The van der Waals surface area contributed by atoms with Crippen molar-refractivity contribution in [1.29, 1.82) is 0 Å². The summed E-state index contributed by atoms with van der Waals surface area (Å²) in [6.45, 7) is 4.16. The van der Waals surface area contributed by atoms with Gasteiger partial charge >= 0.3 is 0 Å². The maximum Gasteiger partial charge on any atom is 0.230 e. The number of nitrogens with one attached hydrogen (secondary N) is 2. The second-order valence-corrected chi connectivity index (χ2v) is 7.21. The smallest absolute Gasteiger partial charge is 0.230 e. The number of amides is 1. The van der Waals surface area contributed by atoms with Gasteiger partial charge in [0.15, 0.2) is 11.5 Å². The molecule has 0 radical (unpaired) electrons. The Bertz CT molecular complexity index is 995. The van der Waals surface area contributed by atoms with E-state index in [1.54, 1.807) is 26.5 Å². The van der Waals surface area contributed by atoms with Crippen LogP contribution in [0.1, 0.15) is 25.0 Å². The highest BCUT2D eigenvalue weighted by Gasteiger charge is 2.32. The van der Waals surface area contributed by atoms with E-state index in [1.165, 1.54) is 12.1 Å². The van der Waals surface area contributed by atoms with Crippen LogP contribution in [0.5, 0.6) is 11.5 Å². The van der Waals surface area contributed by atoms with E-state index in [4.69, 9.17) is 9.47 Å². The lowest BCUT2D eigenvalue weighted by molar-refractivity contribution is -0.125. The van der Waals surface area contributed by atoms with Crippen molar-refractivity contribution in [1.82, 2.24) is 10.3 Å². The lowest BCUT2D eigenvalue weighted by Gasteiger charge is -2.23. The normalized spacial score (nSPS) is 11.5. The number of methoxy groups -OCH3 is 2. The fraction of sp³-hybridized carbons (Fsp3) is 0.318. The number of carbonyl (C=O) groups is 1. The molecular weight excluding hydrogens is 359 g/mol. The lowest BCUT2D eigenvalue weighted by Crippen LogP contribution is -2.40. The van der Waals surface area contributed by atoms with Crippen molar-refractivity contribution < 1.29 is 18.7 Å². The van der Waals surface area contributed by atoms with Crippen molar-refractivity contribution in [3.63, 3.8) is 0 Å². The molecule has 3 rings (SSSR count). The van der Waals surface area contributed by atoms with E-state index in [0.717, 1.165) is 22.0 Å². The molecule has 0 saturated carbocycles. The first-order valence-corrected chi connectivity index (χ1v) is 9.13. The molecule has 0 bridgehead atoms. The summed E-state index contributed by atoms with van der Waals surface area (Å²) in [5.74, 6) is 0.895. The monoisotopic (exact) mass is 384 g/mol. The van der Waals surface area contributed by atoms with Crippen molar-refractivity contribution in [3.8, 4) is 11.5 Å². The molecule has 0 atom stereocenters. The van der Waals surface area contributed by atoms with Gasteiger partial charge in [0, 0.05) is 23.6 Å². The Morgan fingerprint density at radius 1 is 1.11 bits per heavy atom. The average molecular weight is 384 g/mol. The lowest BCUT2D eigenvalue weighted by atomic mass is 9.83. The molecule has 0 aliphatic rings. The van der Waals surface area contributed by atoms with Gasteiger partial charge in [-0.05, 0) is 61.7 Å². The van der Waals surface area contributed by atoms with E-state index >= 15 is 0 Å². The first-order valence-electron chi connectivity index (χ1n) is 9.13. The first-order chi connectivity index (χ1) is 13.4. The highest BCUT2D eigenvalue weighted by molar-refractivity contribution is 5.94. The molecule has 0 unspecified atom stereocenters. The van der Waals surface area contributed by atoms with Crippen LogP contribution in [-0.2, 0) is 16.6 Å². The Hall–Kier alpha value is -3.02. The maximum atomic E-state index is 13.7. The van der Waals surface area contributed by atoms with E-state index in [0.29, 0.717) is 24.5 Å². The molecule has 1 heterocycles. The van der Waals surface area contributed by atoms with E-state index < -0.39 is 5.41 Å². The topological polar surface area (TPSA) is 63.3 Å². The molecule has 0 spiro atoms. The van der Waals surface area contributed by atoms with Crippen molar-refractivity contribution in [2.75, 3.05) is 20.8 Å². The van der Waals surface area contributed by atoms with Gasteiger partial charge in [-0.3, -0.25) is 4.79 Å². The molecule has 6 heteroatoms. The first kappa shape index (κ1) is 19.7. The highest BCUT2D eigenvalue weighted by atomic mass is 19.1. The molecule has 5 nitrogen and oxygen atoms in total. The highest BCUT2D eigenvalue weighted by Crippen LogP contribution is 2.31. The molecule has 148 valence electrons. The molecule has 1 amide bonds. The zero-order valence-corrected chi connectivity index (χ0v) is 16.6. The quantitative estimate of drug-likeness (QED) is 0.648. The van der Waals surface area contributed by atoms with Crippen molar-refractivity contribution >= 4 is 16.8 Å². The van der Waals surface area contributed by atoms with Gasteiger partial charge in [-0.2, -0.15) is 0 Å². The SMILES string of the molecule is COc1ccc(CCNC(=O)C(C)(C)c2c[nH]c3ccc(F)cc23)cc1OC. The summed E-state index contributed by atoms with van der Waals surface area (Å²) in [5.41, 5.74) is 1.81. The minimum atomic E-state index is -0.802. The van der Waals surface area contributed by atoms with Crippen LogP contribution < -0.4 is 14.8 Å². The predicted molar refractivity (Wildman–Crippen MR) is 108 cm³/mol. The number of benzene rings is 2. The number of fused-ring (bicyclic) bond motifs is 1. The average Bonchev–Trinajstić information content (AvgIpc) is 3.11. The number of aromatic amines is 1. The predicted octanol–water partition coefficient (Wildman–Crippen LogP) is 3.96. The summed E-state index contributed by atoms with van der Waals surface area (Å²) in [7, 11) is 3.19. The summed E-state index contributed by atoms with van der Waals surface area (Å²) in [6.07, 6.45) is 2.43. The van der Waals surface area contributed by atoms with E-state index in [1.807, 2.05) is 32.0 Å². The zero-order chi connectivity index (χ0) is 20.3. The molecule has 0 saturated heterocycles. The van der Waals surface area contributed by atoms with Crippen molar-refractivity contribution in [2.24, 2.45) is 0 Å². The molecule has 1 aromatic heterocycles. The van der Waals surface area contributed by atoms with Crippen LogP contribution in [0.25, 0.3) is 10.9 Å². The number of carbonyl (C=O) groups excluding carboxylic acids is 1. The standard InChI is InChI=1S/C22H25FN2O3/c1-22(2,17-13-25-18-7-6-15(23)12-16(17)18)21(26)24-10-9-14-5-8-19(27-3)20(11-14)28-4/h5-8,11-13,25H,9-10H2,1-4H3,(H,24,26). The molecule has 0 aliphatic heterocycles. The number of H-pyrrole nitrogens is 1. The van der Waals surface area contributed by atoms with Gasteiger partial charge in [0.2, 0.25) is 5.91 Å². The van der Waals surface area contributed by atoms with E-state index in [-0.39, 0.29) is 11.7 Å². The number of rotatable bonds is 7. The van der Waals surface area contributed by atoms with Crippen LogP contribution in [0.2, 0.25) is 0 Å². The molecule has 2 N–H and O–H groups in total. The van der Waals surface area contributed by atoms with Gasteiger partial charge in [0.25, 0.3) is 0 Å². The third kappa shape index (κ3) is 3.81. The summed E-state index contributed by atoms with van der Waals surface area (Å²) in [4.78, 5) is 16.0. The molecule has 0 aliphatic carbocycles. The number of halogens is 1. The van der Waals surface area contributed by atoms with E-state index in [2.05, 4.69) is 10.3 Å². The second kappa shape index (κ2) is 7.92. The fourth-order valence-corrected chi connectivity index (χ4v) is 3.31. The Balaban J connectivity index is 1.69. The molecule has 0 fully saturated rings. The van der Waals surface area contributed by atoms with Crippen LogP contribution in [0, 0.1) is 5.82 Å². The van der Waals surface area contributed by atoms with Crippen molar-refractivity contribution in [3.05, 3.63) is 59.5 Å². The Morgan fingerprint density at radius 2 is 1.86 bits per heavy atom. The van der Waals surface area contributed by atoms with E-state index in [9.17, 15) is 9.18 Å². The summed E-state index contributed by atoms with van der Waals surface area (Å²) >= 11 is 0. The molecule has 28 heavy (non-hydrogen) atoms. The third-order valence-electron chi connectivity index (χ3n) is 5.03. The van der Waals surface area contributed by atoms with Crippen LogP contribution >= 0.6 is 0 Å². The maximum absolute atomic E-state index is 13.7. The second-order valence-electron chi connectivity index (χ2n) is 7.21. The van der Waals surface area contributed by atoms with Crippen LogP contribution in [-0.4, -0.2) is 31.7 Å². The van der Waals surface area contributed by atoms with Gasteiger partial charge in [-0.15, -0.1) is 0 Å². The summed E-state index contributed by atoms with van der Waals surface area (Å²) in [5, 5.41) is 3.71. The fourth-order valence-electron chi connectivity index (χ4n) is 3.31. The minimum absolute atomic E-state index is 0.113. The number of hydrogen-bond acceptors (Lipinski definition) is 3. The van der Waals surface area contributed by atoms with Gasteiger partial charge in [0.1, 0.15) is 5.82 Å². The van der Waals surface area contributed by atoms with Crippen LogP contribution in [0.15, 0.2) is 42.6 Å². The molecular formula is C22H25FN2O3. The van der Waals surface area contributed by atoms with Crippen molar-refractivity contribution in [2.45, 2.75) is 25.7 Å². The number of hydrogen-bond donors (Lipinski definition) is 2.